The first-order chi connectivity index (χ1) is 18.3. The second-order valence-corrected chi connectivity index (χ2v) is 9.31. The lowest BCUT2D eigenvalue weighted by molar-refractivity contribution is -0.121. The predicted octanol–water partition coefficient (Wildman–Crippen LogP) is 3.40. The molecule has 0 aliphatic carbocycles. The summed E-state index contributed by atoms with van der Waals surface area (Å²) in [4.78, 5) is 12.5. The minimum Gasteiger partial charge on any atom is -0.508 e. The standard InChI is InChI=1S/C30H38N2O6/c1-20(31-18-27(35)23-11-12-26(34)24(16-23)19-33)14-22-7-4-6-21(15-22)10-13-30(36)32-17-25-28(37-2)8-5-9-29(25)38-3/h4-9,11-12,15-16,20,27,31,33-35H,10,13-14,17-19H2,1-3H3,(H,32,36)/t20-,27+/m1/s1. The number of aryl methyl sites for hydroxylation is 1. The van der Waals surface area contributed by atoms with Gasteiger partial charge in [0.1, 0.15) is 17.2 Å². The van der Waals surface area contributed by atoms with Gasteiger partial charge < -0.3 is 35.4 Å². The highest BCUT2D eigenvalue weighted by Crippen LogP contribution is 2.28. The topological polar surface area (TPSA) is 120 Å². The molecule has 3 aromatic rings. The van der Waals surface area contributed by atoms with Crippen LogP contribution in [0.2, 0.25) is 0 Å². The van der Waals surface area contributed by atoms with Crippen molar-refractivity contribution in [3.05, 3.63) is 88.5 Å². The second kappa shape index (κ2) is 14.4. The van der Waals surface area contributed by atoms with Crippen molar-refractivity contribution in [3.8, 4) is 17.2 Å². The van der Waals surface area contributed by atoms with Crippen LogP contribution in [0.15, 0.2) is 60.7 Å². The van der Waals surface area contributed by atoms with Crippen molar-refractivity contribution in [1.82, 2.24) is 10.6 Å². The summed E-state index contributed by atoms with van der Waals surface area (Å²) in [7, 11) is 3.18. The van der Waals surface area contributed by atoms with Crippen molar-refractivity contribution >= 4 is 5.91 Å². The number of phenols is 1. The fraction of sp³-hybridized carbons (Fsp3) is 0.367. The Morgan fingerprint density at radius 1 is 0.974 bits per heavy atom. The van der Waals surface area contributed by atoms with Crippen molar-refractivity contribution in [2.75, 3.05) is 20.8 Å². The lowest BCUT2D eigenvalue weighted by Gasteiger charge is -2.18. The normalized spacial score (nSPS) is 12.6. The van der Waals surface area contributed by atoms with Crippen molar-refractivity contribution in [3.63, 3.8) is 0 Å². The molecule has 0 aromatic heterocycles. The van der Waals surface area contributed by atoms with E-state index >= 15 is 0 Å². The van der Waals surface area contributed by atoms with E-state index in [1.165, 1.54) is 6.07 Å². The monoisotopic (exact) mass is 522 g/mol. The molecule has 0 fully saturated rings. The maximum absolute atomic E-state index is 12.5. The van der Waals surface area contributed by atoms with Gasteiger partial charge in [0.05, 0.1) is 39.0 Å². The van der Waals surface area contributed by atoms with E-state index in [4.69, 9.17) is 9.47 Å². The van der Waals surface area contributed by atoms with E-state index in [-0.39, 0.29) is 24.3 Å². The van der Waals surface area contributed by atoms with Gasteiger partial charge in [-0.1, -0.05) is 36.4 Å². The molecule has 3 rings (SSSR count). The number of carbonyl (C=O) groups is 1. The van der Waals surface area contributed by atoms with Crippen LogP contribution in [0.25, 0.3) is 0 Å². The van der Waals surface area contributed by atoms with Gasteiger partial charge >= 0.3 is 0 Å². The number of methoxy groups -OCH3 is 2. The average Bonchev–Trinajstić information content (AvgIpc) is 2.93. The fourth-order valence-electron chi connectivity index (χ4n) is 4.34. The van der Waals surface area contributed by atoms with Gasteiger partial charge in [-0.3, -0.25) is 4.79 Å². The number of ether oxygens (including phenoxy) is 2. The van der Waals surface area contributed by atoms with Crippen molar-refractivity contribution in [2.45, 2.75) is 51.5 Å². The Kier molecular flexibility index (Phi) is 11.0. The van der Waals surface area contributed by atoms with E-state index in [1.807, 2.05) is 30.3 Å². The Hall–Kier alpha value is -3.59. The molecule has 0 unspecified atom stereocenters. The number of amides is 1. The van der Waals surface area contributed by atoms with E-state index in [0.717, 1.165) is 23.1 Å². The van der Waals surface area contributed by atoms with Crippen LogP contribution in [-0.4, -0.2) is 48.0 Å². The molecule has 5 N–H and O–H groups in total. The van der Waals surface area contributed by atoms with E-state index in [1.54, 1.807) is 26.4 Å². The van der Waals surface area contributed by atoms with E-state index in [0.29, 0.717) is 48.6 Å². The number of carbonyl (C=O) groups excluding carboxylic acids is 1. The van der Waals surface area contributed by atoms with Crippen molar-refractivity contribution in [1.29, 1.82) is 0 Å². The predicted molar refractivity (Wildman–Crippen MR) is 146 cm³/mol. The largest absolute Gasteiger partial charge is 0.508 e. The molecule has 0 radical (unpaired) electrons. The first kappa shape index (κ1) is 29.0. The van der Waals surface area contributed by atoms with Crippen molar-refractivity contribution in [2.24, 2.45) is 0 Å². The average molecular weight is 523 g/mol. The van der Waals surface area contributed by atoms with Gasteiger partial charge in [0.25, 0.3) is 0 Å². The van der Waals surface area contributed by atoms with Crippen LogP contribution in [0, 0.1) is 0 Å². The molecule has 0 heterocycles. The third-order valence-electron chi connectivity index (χ3n) is 6.48. The number of rotatable bonds is 14. The minimum absolute atomic E-state index is 0.0128. The number of aliphatic hydroxyl groups excluding tert-OH is 2. The quantitative estimate of drug-likeness (QED) is 0.220. The maximum Gasteiger partial charge on any atom is 0.220 e. The molecule has 0 saturated heterocycles. The molecule has 3 aromatic carbocycles. The number of aromatic hydroxyl groups is 1. The summed E-state index contributed by atoms with van der Waals surface area (Å²) in [5, 5.41) is 35.8. The number of hydrogen-bond donors (Lipinski definition) is 5. The van der Waals surface area contributed by atoms with Crippen LogP contribution < -0.4 is 20.1 Å². The van der Waals surface area contributed by atoms with Crippen LogP contribution in [-0.2, 0) is 30.8 Å². The Morgan fingerprint density at radius 3 is 2.34 bits per heavy atom. The van der Waals surface area contributed by atoms with Crippen LogP contribution in [0.1, 0.15) is 47.3 Å². The summed E-state index contributed by atoms with van der Waals surface area (Å²) in [6.07, 6.45) is 0.988. The first-order valence-electron chi connectivity index (χ1n) is 12.7. The molecular formula is C30H38N2O6. The molecular weight excluding hydrogens is 484 g/mol. The summed E-state index contributed by atoms with van der Waals surface area (Å²) in [6.45, 7) is 2.43. The summed E-state index contributed by atoms with van der Waals surface area (Å²) in [5.41, 5.74) is 4.05. The van der Waals surface area contributed by atoms with Gasteiger partial charge in [-0.25, -0.2) is 0 Å². The van der Waals surface area contributed by atoms with Gasteiger partial charge in [0, 0.05) is 24.6 Å². The number of nitrogens with one attached hydrogen (secondary N) is 2. The minimum atomic E-state index is -0.760. The molecule has 1 amide bonds. The van der Waals surface area contributed by atoms with Crippen LogP contribution in [0.3, 0.4) is 0 Å². The molecule has 204 valence electrons. The number of aliphatic hydroxyl groups is 2. The Labute approximate surface area is 224 Å². The number of benzene rings is 3. The van der Waals surface area contributed by atoms with E-state index in [2.05, 4.69) is 29.7 Å². The molecule has 0 spiro atoms. The molecule has 0 saturated carbocycles. The SMILES string of the molecule is COc1cccc(OC)c1CNC(=O)CCc1cccc(C[C@@H](C)NC[C@H](O)c2ccc(O)c(CO)c2)c1. The lowest BCUT2D eigenvalue weighted by Crippen LogP contribution is -2.32. The molecule has 0 aliphatic heterocycles. The van der Waals surface area contributed by atoms with Gasteiger partial charge in [0.2, 0.25) is 5.91 Å². The molecule has 8 heteroatoms. The molecule has 0 bridgehead atoms. The zero-order chi connectivity index (χ0) is 27.5. The third-order valence-corrected chi connectivity index (χ3v) is 6.48. The van der Waals surface area contributed by atoms with Gasteiger partial charge in [-0.05, 0) is 60.7 Å². The van der Waals surface area contributed by atoms with E-state index < -0.39 is 6.10 Å². The Morgan fingerprint density at radius 2 is 1.66 bits per heavy atom. The van der Waals surface area contributed by atoms with Crippen molar-refractivity contribution < 1.29 is 29.6 Å². The molecule has 2 atom stereocenters. The summed E-state index contributed by atoms with van der Waals surface area (Å²) in [6, 6.07) is 18.6. The second-order valence-electron chi connectivity index (χ2n) is 9.31. The van der Waals surface area contributed by atoms with Gasteiger partial charge in [-0.15, -0.1) is 0 Å². The highest BCUT2D eigenvalue weighted by Gasteiger charge is 2.14. The molecule has 0 aliphatic rings. The number of hydrogen-bond acceptors (Lipinski definition) is 7. The Bertz CT molecular complexity index is 1180. The summed E-state index contributed by atoms with van der Waals surface area (Å²) >= 11 is 0. The highest BCUT2D eigenvalue weighted by molar-refractivity contribution is 5.76. The van der Waals surface area contributed by atoms with E-state index in [9.17, 15) is 20.1 Å². The maximum atomic E-state index is 12.5. The fourth-order valence-corrected chi connectivity index (χ4v) is 4.34. The summed E-state index contributed by atoms with van der Waals surface area (Å²) < 4.78 is 10.8. The molecule has 38 heavy (non-hydrogen) atoms. The van der Waals surface area contributed by atoms with Gasteiger partial charge in [-0.2, -0.15) is 0 Å². The first-order valence-corrected chi connectivity index (χ1v) is 12.7. The van der Waals surface area contributed by atoms with Crippen LogP contribution in [0.4, 0.5) is 0 Å². The van der Waals surface area contributed by atoms with Crippen LogP contribution >= 0.6 is 0 Å². The highest BCUT2D eigenvalue weighted by atomic mass is 16.5. The lowest BCUT2D eigenvalue weighted by atomic mass is 10.0. The van der Waals surface area contributed by atoms with Crippen LogP contribution in [0.5, 0.6) is 17.2 Å². The smallest absolute Gasteiger partial charge is 0.220 e. The Balaban J connectivity index is 1.47. The zero-order valence-corrected chi connectivity index (χ0v) is 22.2. The third kappa shape index (κ3) is 8.21. The van der Waals surface area contributed by atoms with Gasteiger partial charge in [0.15, 0.2) is 0 Å². The summed E-state index contributed by atoms with van der Waals surface area (Å²) in [5.74, 6) is 1.31. The molecule has 8 nitrogen and oxygen atoms in total. The zero-order valence-electron chi connectivity index (χ0n) is 22.2.